The molecule has 0 spiro atoms. The summed E-state index contributed by atoms with van der Waals surface area (Å²) in [5, 5.41) is 13.7. The number of ketones is 1. The Morgan fingerprint density at radius 1 is 1.39 bits per heavy atom. The quantitative estimate of drug-likeness (QED) is 0.449. The maximum Gasteiger partial charge on any atom is 0.366 e. The Kier molecular flexibility index (Phi) is 5.05. The third kappa shape index (κ3) is 3.67. The Bertz CT molecular complexity index is 1000. The molecule has 2 amide bonds. The van der Waals surface area contributed by atoms with Crippen LogP contribution in [0.2, 0.25) is 0 Å². The Morgan fingerprint density at radius 3 is 2.71 bits per heavy atom. The molecule has 1 unspecified atom stereocenters. The van der Waals surface area contributed by atoms with Crippen LogP contribution < -0.4 is 15.0 Å². The fourth-order valence-electron chi connectivity index (χ4n) is 2.61. The molecule has 2 aromatic rings. The fourth-order valence-corrected chi connectivity index (χ4v) is 3.49. The monoisotopic (exact) mass is 405 g/mol. The van der Waals surface area contributed by atoms with Crippen molar-refractivity contribution in [2.45, 2.75) is 26.9 Å². The van der Waals surface area contributed by atoms with Crippen LogP contribution in [0.3, 0.4) is 0 Å². The topological polar surface area (TPSA) is 145 Å². The number of fused-ring (bicyclic) bond motifs is 1. The molecule has 0 bridgehead atoms. The van der Waals surface area contributed by atoms with Crippen molar-refractivity contribution in [3.05, 3.63) is 32.8 Å². The zero-order chi connectivity index (χ0) is 20.6. The molecule has 146 valence electrons. The van der Waals surface area contributed by atoms with Crippen LogP contribution in [0.1, 0.15) is 29.2 Å². The van der Waals surface area contributed by atoms with Gasteiger partial charge in [-0.05, 0) is 29.8 Å². The third-order valence-corrected chi connectivity index (χ3v) is 5.02. The van der Waals surface area contributed by atoms with Crippen LogP contribution in [0.25, 0.3) is 0 Å². The summed E-state index contributed by atoms with van der Waals surface area (Å²) in [5.74, 6) is -1.74. The number of amides is 2. The van der Waals surface area contributed by atoms with E-state index in [9.17, 15) is 24.5 Å². The number of pyridine rings is 1. The number of carbonyl (C=O) groups is 3. The number of nitrogens with one attached hydrogen (secondary N) is 1. The smallest absolute Gasteiger partial charge is 0.366 e. The maximum absolute atomic E-state index is 12.5. The van der Waals surface area contributed by atoms with Gasteiger partial charge in [0.05, 0.1) is 10.6 Å². The van der Waals surface area contributed by atoms with Crippen LogP contribution in [0.5, 0.6) is 5.75 Å². The first kappa shape index (κ1) is 19.4. The van der Waals surface area contributed by atoms with Gasteiger partial charge in [0.25, 0.3) is 11.7 Å². The molecular weight excluding hydrogens is 390 g/mol. The highest BCUT2D eigenvalue weighted by Gasteiger charge is 2.38. The lowest BCUT2D eigenvalue weighted by atomic mass is 10.2. The zero-order valence-electron chi connectivity index (χ0n) is 15.1. The summed E-state index contributed by atoms with van der Waals surface area (Å²) in [6.07, 6.45) is -0.880. The van der Waals surface area contributed by atoms with Crippen molar-refractivity contribution in [1.29, 1.82) is 0 Å². The van der Waals surface area contributed by atoms with E-state index in [1.54, 1.807) is 6.92 Å². The summed E-state index contributed by atoms with van der Waals surface area (Å²) in [4.78, 5) is 56.1. The van der Waals surface area contributed by atoms with Gasteiger partial charge in [0.2, 0.25) is 5.91 Å². The number of ether oxygens (including phenoxy) is 1. The van der Waals surface area contributed by atoms with Crippen LogP contribution in [0.15, 0.2) is 12.1 Å². The molecule has 0 fully saturated rings. The summed E-state index contributed by atoms with van der Waals surface area (Å²) in [6.45, 7) is 4.10. The highest BCUT2D eigenvalue weighted by molar-refractivity contribution is 7.17. The molecule has 3 rings (SSSR count). The number of nitrogens with zero attached hydrogens (tertiary/aromatic N) is 4. The van der Waals surface area contributed by atoms with E-state index >= 15 is 0 Å². The number of aromatic nitrogens is 2. The van der Waals surface area contributed by atoms with Crippen molar-refractivity contribution < 1.29 is 24.0 Å². The average molecular weight is 405 g/mol. The molecule has 1 aliphatic rings. The van der Waals surface area contributed by atoms with E-state index in [0.717, 1.165) is 22.3 Å². The number of hydrogen-bond acceptors (Lipinski definition) is 9. The predicted octanol–water partition coefficient (Wildman–Crippen LogP) is 1.71. The average Bonchev–Trinajstić information content (AvgIpc) is 2.98. The molecule has 0 saturated heterocycles. The lowest BCUT2D eigenvalue weighted by Crippen LogP contribution is -2.48. The molecule has 1 aliphatic heterocycles. The van der Waals surface area contributed by atoms with Gasteiger partial charge in [-0.3, -0.25) is 19.3 Å². The molecule has 12 heteroatoms. The summed E-state index contributed by atoms with van der Waals surface area (Å²) in [5.41, 5.74) is 0.492. The number of anilines is 2. The summed E-state index contributed by atoms with van der Waals surface area (Å²) in [7, 11) is 0. The van der Waals surface area contributed by atoms with E-state index in [1.807, 2.05) is 0 Å². The van der Waals surface area contributed by atoms with Gasteiger partial charge in [-0.25, -0.2) is 4.98 Å². The molecule has 2 aromatic heterocycles. The Morgan fingerprint density at radius 2 is 2.11 bits per heavy atom. The molecule has 3 heterocycles. The summed E-state index contributed by atoms with van der Waals surface area (Å²) < 4.78 is 5.40. The second kappa shape index (κ2) is 7.31. The minimum atomic E-state index is -0.880. The van der Waals surface area contributed by atoms with E-state index < -0.39 is 35.2 Å². The summed E-state index contributed by atoms with van der Waals surface area (Å²) >= 11 is 1.03. The van der Waals surface area contributed by atoms with Crippen molar-refractivity contribution >= 4 is 45.7 Å². The van der Waals surface area contributed by atoms with E-state index in [-0.39, 0.29) is 22.5 Å². The molecule has 1 atom stereocenters. The number of Topliss-reactive ketones (excluding diaryl/α,β-unsaturated/α-hetero) is 1. The number of rotatable bonds is 5. The predicted molar refractivity (Wildman–Crippen MR) is 98.8 cm³/mol. The Labute approximate surface area is 162 Å². The van der Waals surface area contributed by atoms with Crippen LogP contribution in [-0.2, 0) is 9.59 Å². The van der Waals surface area contributed by atoms with Gasteiger partial charge >= 0.3 is 5.82 Å². The van der Waals surface area contributed by atoms with E-state index in [2.05, 4.69) is 15.3 Å². The molecule has 1 N–H and O–H groups in total. The first-order valence-corrected chi connectivity index (χ1v) is 8.90. The van der Waals surface area contributed by atoms with Crippen LogP contribution in [0.4, 0.5) is 16.8 Å². The van der Waals surface area contributed by atoms with Crippen molar-refractivity contribution in [2.75, 3.05) is 16.8 Å². The standard InChI is InChI=1S/C16H15N5O6S/c1-7-13(8(2)22)28-16(17-7)19-12(23)6-20-14-10(27-9(3)15(20)24)4-5-11(18-14)21(25)26/h4-5,9H,6H2,1-3H3,(H,17,19,23). The fraction of sp³-hybridized carbons (Fsp3) is 0.312. The van der Waals surface area contributed by atoms with Gasteiger partial charge in [-0.1, -0.05) is 11.3 Å². The number of carbonyl (C=O) groups excluding carboxylic acids is 3. The number of nitro groups is 1. The van der Waals surface area contributed by atoms with E-state index in [0.29, 0.717) is 10.6 Å². The number of thiazole rings is 1. The van der Waals surface area contributed by atoms with Crippen LogP contribution in [0, 0.1) is 17.0 Å². The maximum atomic E-state index is 12.5. The molecule has 0 saturated carbocycles. The first-order chi connectivity index (χ1) is 13.2. The Hall–Kier alpha value is -3.41. The molecule has 0 radical (unpaired) electrons. The van der Waals surface area contributed by atoms with Gasteiger partial charge in [-0.2, -0.15) is 0 Å². The van der Waals surface area contributed by atoms with Gasteiger partial charge in [0, 0.05) is 13.0 Å². The minimum absolute atomic E-state index is 0.104. The highest BCUT2D eigenvalue weighted by atomic mass is 32.1. The second-order valence-electron chi connectivity index (χ2n) is 5.97. The first-order valence-electron chi connectivity index (χ1n) is 8.09. The van der Waals surface area contributed by atoms with Gasteiger partial charge in [0.15, 0.2) is 22.8 Å². The zero-order valence-corrected chi connectivity index (χ0v) is 15.9. The normalized spacial score (nSPS) is 15.6. The Balaban J connectivity index is 1.84. The van der Waals surface area contributed by atoms with Gasteiger partial charge < -0.3 is 20.2 Å². The lowest BCUT2D eigenvalue weighted by Gasteiger charge is -2.28. The van der Waals surface area contributed by atoms with Crippen LogP contribution >= 0.6 is 11.3 Å². The molecule has 28 heavy (non-hydrogen) atoms. The van der Waals surface area contributed by atoms with Crippen molar-refractivity contribution in [3.63, 3.8) is 0 Å². The second-order valence-corrected chi connectivity index (χ2v) is 6.97. The van der Waals surface area contributed by atoms with E-state index in [4.69, 9.17) is 4.74 Å². The lowest BCUT2D eigenvalue weighted by molar-refractivity contribution is -0.389. The summed E-state index contributed by atoms with van der Waals surface area (Å²) in [6, 6.07) is 2.48. The number of hydrogen-bond donors (Lipinski definition) is 1. The molecule has 11 nitrogen and oxygen atoms in total. The third-order valence-electron chi connectivity index (χ3n) is 3.85. The van der Waals surface area contributed by atoms with Crippen LogP contribution in [-0.4, -0.2) is 45.1 Å². The molecule has 0 aliphatic carbocycles. The van der Waals surface area contributed by atoms with Crippen molar-refractivity contribution in [3.8, 4) is 5.75 Å². The van der Waals surface area contributed by atoms with Gasteiger partial charge in [-0.15, -0.1) is 0 Å². The van der Waals surface area contributed by atoms with Crippen molar-refractivity contribution in [2.24, 2.45) is 0 Å². The van der Waals surface area contributed by atoms with Crippen molar-refractivity contribution in [1.82, 2.24) is 9.97 Å². The minimum Gasteiger partial charge on any atom is -0.475 e. The molecule has 0 aromatic carbocycles. The SMILES string of the molecule is CC(=O)c1sc(NC(=O)CN2C(=O)C(C)Oc3ccc([N+](=O)[O-])nc32)nc1C. The van der Waals surface area contributed by atoms with E-state index in [1.165, 1.54) is 19.9 Å². The largest absolute Gasteiger partial charge is 0.475 e. The van der Waals surface area contributed by atoms with Gasteiger partial charge in [0.1, 0.15) is 6.54 Å². The molecular formula is C16H15N5O6S. The highest BCUT2D eigenvalue weighted by Crippen LogP contribution is 2.34. The number of aryl methyl sites for hydroxylation is 1.